The summed E-state index contributed by atoms with van der Waals surface area (Å²) in [6.07, 6.45) is 0.444. The summed E-state index contributed by atoms with van der Waals surface area (Å²) in [5, 5.41) is 0. The molecule has 0 saturated carbocycles. The van der Waals surface area contributed by atoms with E-state index in [4.69, 9.17) is 4.74 Å². The van der Waals surface area contributed by atoms with Gasteiger partial charge in [-0.1, -0.05) is 34.6 Å². The van der Waals surface area contributed by atoms with Crippen LogP contribution in [-0.2, 0) is 4.74 Å². The van der Waals surface area contributed by atoms with Crippen LogP contribution in [0.3, 0.4) is 0 Å². The van der Waals surface area contributed by atoms with E-state index >= 15 is 0 Å². The van der Waals surface area contributed by atoms with Crippen LogP contribution in [0.5, 0.6) is 0 Å². The Bertz CT molecular complexity index is 120. The van der Waals surface area contributed by atoms with E-state index < -0.39 is 0 Å². The van der Waals surface area contributed by atoms with Crippen molar-refractivity contribution in [1.82, 2.24) is 0 Å². The quantitative estimate of drug-likeness (QED) is 0.505. The van der Waals surface area contributed by atoms with E-state index in [0.717, 1.165) is 6.61 Å². The number of rotatable bonds is 0. The first kappa shape index (κ1) is 8.06. The minimum absolute atomic E-state index is 0.307. The van der Waals surface area contributed by atoms with Gasteiger partial charge < -0.3 is 4.74 Å². The third-order valence-corrected chi connectivity index (χ3v) is 2.12. The smallest absolute Gasteiger partial charge is 0.0696 e. The molecule has 0 radical (unpaired) electrons. The summed E-state index contributed by atoms with van der Waals surface area (Å²) in [4.78, 5) is 0. The molecular formula is C9H18O. The molecule has 1 aliphatic rings. The first-order valence-corrected chi connectivity index (χ1v) is 3.96. The molecule has 1 unspecified atom stereocenters. The third kappa shape index (κ3) is 1.20. The van der Waals surface area contributed by atoms with Crippen LogP contribution < -0.4 is 0 Å². The van der Waals surface area contributed by atoms with Crippen molar-refractivity contribution in [3.63, 3.8) is 0 Å². The molecule has 0 aromatic carbocycles. The van der Waals surface area contributed by atoms with Gasteiger partial charge in [-0.2, -0.15) is 0 Å². The van der Waals surface area contributed by atoms with Crippen molar-refractivity contribution in [1.29, 1.82) is 0 Å². The van der Waals surface area contributed by atoms with E-state index in [0.29, 0.717) is 16.9 Å². The van der Waals surface area contributed by atoms with Gasteiger partial charge in [0.2, 0.25) is 0 Å². The Morgan fingerprint density at radius 2 is 1.80 bits per heavy atom. The molecule has 0 aliphatic carbocycles. The molecule has 1 nitrogen and oxygen atoms in total. The van der Waals surface area contributed by atoms with Crippen molar-refractivity contribution in [3.8, 4) is 0 Å². The van der Waals surface area contributed by atoms with Gasteiger partial charge in [0.15, 0.2) is 0 Å². The molecule has 0 N–H and O–H groups in total. The highest BCUT2D eigenvalue weighted by atomic mass is 16.5. The van der Waals surface area contributed by atoms with Gasteiger partial charge in [-0.25, -0.2) is 0 Å². The fourth-order valence-corrected chi connectivity index (χ4v) is 1.92. The third-order valence-electron chi connectivity index (χ3n) is 2.12. The van der Waals surface area contributed by atoms with Crippen LogP contribution in [0.2, 0.25) is 0 Å². The molecule has 10 heavy (non-hydrogen) atoms. The van der Waals surface area contributed by atoms with Crippen LogP contribution >= 0.6 is 0 Å². The zero-order valence-corrected chi connectivity index (χ0v) is 7.69. The maximum atomic E-state index is 5.51. The lowest BCUT2D eigenvalue weighted by Crippen LogP contribution is -2.54. The van der Waals surface area contributed by atoms with Gasteiger partial charge in [0.1, 0.15) is 0 Å². The SMILES string of the molecule is CC(C)(C)C1OCC1(C)C. The highest BCUT2D eigenvalue weighted by Gasteiger charge is 2.46. The Morgan fingerprint density at radius 1 is 1.30 bits per heavy atom. The van der Waals surface area contributed by atoms with Crippen molar-refractivity contribution < 1.29 is 4.74 Å². The number of hydrogen-bond donors (Lipinski definition) is 0. The molecule has 60 valence electrons. The van der Waals surface area contributed by atoms with Crippen LogP contribution in [0.4, 0.5) is 0 Å². The predicted octanol–water partition coefficient (Wildman–Crippen LogP) is 2.46. The summed E-state index contributed by atoms with van der Waals surface area (Å²) < 4.78 is 5.51. The van der Waals surface area contributed by atoms with Gasteiger partial charge >= 0.3 is 0 Å². The molecular weight excluding hydrogens is 124 g/mol. The maximum Gasteiger partial charge on any atom is 0.0696 e. The monoisotopic (exact) mass is 142 g/mol. The first-order valence-electron chi connectivity index (χ1n) is 3.96. The van der Waals surface area contributed by atoms with E-state index in [-0.39, 0.29) is 0 Å². The zero-order chi connectivity index (χ0) is 7.99. The van der Waals surface area contributed by atoms with Gasteiger partial charge in [0.05, 0.1) is 12.7 Å². The van der Waals surface area contributed by atoms with Crippen molar-refractivity contribution in [2.24, 2.45) is 10.8 Å². The standard InChI is InChI=1S/C9H18O/c1-8(2,3)7-9(4,5)6-10-7/h7H,6H2,1-5H3. The second kappa shape index (κ2) is 1.97. The molecule has 1 fully saturated rings. The van der Waals surface area contributed by atoms with Gasteiger partial charge in [0.25, 0.3) is 0 Å². The Morgan fingerprint density at radius 3 is 1.80 bits per heavy atom. The van der Waals surface area contributed by atoms with Crippen molar-refractivity contribution in [3.05, 3.63) is 0 Å². The highest BCUT2D eigenvalue weighted by Crippen LogP contribution is 2.43. The van der Waals surface area contributed by atoms with Crippen LogP contribution in [0.1, 0.15) is 34.6 Å². The second-order valence-electron chi connectivity index (χ2n) is 5.05. The second-order valence-corrected chi connectivity index (χ2v) is 5.05. The topological polar surface area (TPSA) is 9.23 Å². The van der Waals surface area contributed by atoms with E-state index in [2.05, 4.69) is 34.6 Å². The summed E-state index contributed by atoms with van der Waals surface area (Å²) in [7, 11) is 0. The van der Waals surface area contributed by atoms with Crippen molar-refractivity contribution >= 4 is 0 Å². The Hall–Kier alpha value is -0.0400. The minimum atomic E-state index is 0.307. The molecule has 1 heterocycles. The predicted molar refractivity (Wildman–Crippen MR) is 43.0 cm³/mol. The summed E-state index contributed by atoms with van der Waals surface area (Å²) >= 11 is 0. The van der Waals surface area contributed by atoms with Crippen LogP contribution in [0, 0.1) is 10.8 Å². The van der Waals surface area contributed by atoms with E-state index in [1.807, 2.05) is 0 Å². The van der Waals surface area contributed by atoms with Crippen LogP contribution in [-0.4, -0.2) is 12.7 Å². The summed E-state index contributed by atoms with van der Waals surface area (Å²) in [5.41, 5.74) is 0.708. The van der Waals surface area contributed by atoms with E-state index in [9.17, 15) is 0 Å². The molecule has 0 amide bonds. The molecule has 1 saturated heterocycles. The van der Waals surface area contributed by atoms with Crippen LogP contribution in [0.15, 0.2) is 0 Å². The molecule has 0 aromatic heterocycles. The Labute approximate surface area is 63.8 Å². The number of ether oxygens (including phenoxy) is 1. The highest BCUT2D eigenvalue weighted by molar-refractivity contribution is 4.94. The van der Waals surface area contributed by atoms with Crippen molar-refractivity contribution in [2.75, 3.05) is 6.61 Å². The van der Waals surface area contributed by atoms with E-state index in [1.54, 1.807) is 0 Å². The average Bonchev–Trinajstić information content (AvgIpc) is 1.58. The normalized spacial score (nSPS) is 31.5. The van der Waals surface area contributed by atoms with Crippen LogP contribution in [0.25, 0.3) is 0 Å². The fourth-order valence-electron chi connectivity index (χ4n) is 1.92. The lowest BCUT2D eigenvalue weighted by molar-refractivity contribution is -0.212. The lowest BCUT2D eigenvalue weighted by atomic mass is 9.70. The largest absolute Gasteiger partial charge is 0.376 e. The van der Waals surface area contributed by atoms with Gasteiger partial charge in [-0.15, -0.1) is 0 Å². The first-order chi connectivity index (χ1) is 4.34. The zero-order valence-electron chi connectivity index (χ0n) is 7.69. The summed E-state index contributed by atoms with van der Waals surface area (Å²) in [5.74, 6) is 0. The summed E-state index contributed by atoms with van der Waals surface area (Å²) in [6.45, 7) is 12.2. The molecule has 0 bridgehead atoms. The van der Waals surface area contributed by atoms with Gasteiger partial charge in [-0.3, -0.25) is 0 Å². The Balaban J connectivity index is 2.60. The maximum absolute atomic E-state index is 5.51. The van der Waals surface area contributed by atoms with Crippen molar-refractivity contribution in [2.45, 2.75) is 40.7 Å². The molecule has 1 aliphatic heterocycles. The lowest BCUT2D eigenvalue weighted by Gasteiger charge is -2.51. The van der Waals surface area contributed by atoms with E-state index in [1.165, 1.54) is 0 Å². The molecule has 1 heteroatoms. The average molecular weight is 142 g/mol. The summed E-state index contributed by atoms with van der Waals surface area (Å²) in [6, 6.07) is 0. The fraction of sp³-hybridized carbons (Fsp3) is 1.00. The van der Waals surface area contributed by atoms with Gasteiger partial charge in [-0.05, 0) is 5.41 Å². The molecule has 0 aromatic rings. The number of hydrogen-bond acceptors (Lipinski definition) is 1. The molecule has 1 atom stereocenters. The van der Waals surface area contributed by atoms with Gasteiger partial charge in [0, 0.05) is 5.41 Å². The minimum Gasteiger partial charge on any atom is -0.376 e. The molecule has 0 spiro atoms. The Kier molecular flexibility index (Phi) is 1.59. The molecule has 1 rings (SSSR count).